The first kappa shape index (κ1) is 45.6. The molecule has 0 N–H and O–H groups in total. The van der Waals surface area contributed by atoms with E-state index in [9.17, 15) is 0 Å². The lowest BCUT2D eigenvalue weighted by Gasteiger charge is -2.45. The first-order valence-electron chi connectivity index (χ1n) is 27.2. The highest BCUT2D eigenvalue weighted by Gasteiger charge is 2.52. The van der Waals surface area contributed by atoms with Crippen molar-refractivity contribution in [2.24, 2.45) is 0 Å². The van der Waals surface area contributed by atoms with Crippen molar-refractivity contribution in [1.82, 2.24) is 0 Å². The predicted octanol–water partition coefficient (Wildman–Crippen LogP) is 20.3. The normalized spacial score (nSPS) is 13.7. The number of hydrogen-bond donors (Lipinski definition) is 0. The van der Waals surface area contributed by atoms with Crippen molar-refractivity contribution in [3.8, 4) is 66.8 Å². The van der Waals surface area contributed by atoms with Crippen LogP contribution in [0, 0.1) is 0 Å². The van der Waals surface area contributed by atoms with E-state index in [-0.39, 0.29) is 5.41 Å². The smallest absolute Gasteiger partial charge is 0.0754 e. The van der Waals surface area contributed by atoms with E-state index in [2.05, 4.69) is 315 Å². The van der Waals surface area contributed by atoms with Crippen molar-refractivity contribution in [3.63, 3.8) is 0 Å². The summed E-state index contributed by atoms with van der Waals surface area (Å²) in [7, 11) is 0. The molecular formula is C76H54N2. The van der Waals surface area contributed by atoms with Gasteiger partial charge in [-0.2, -0.15) is 0 Å². The van der Waals surface area contributed by atoms with E-state index in [1.54, 1.807) is 0 Å². The number of benzene rings is 12. The Hall–Kier alpha value is -9.76. The first-order valence-corrected chi connectivity index (χ1v) is 27.2. The Balaban J connectivity index is 0.827. The Bertz CT molecular complexity index is 4200. The van der Waals surface area contributed by atoms with Crippen LogP contribution in [0.2, 0.25) is 0 Å². The van der Waals surface area contributed by atoms with Crippen LogP contribution < -0.4 is 9.80 Å². The molecule has 2 heteroatoms. The minimum absolute atomic E-state index is 0.0667. The molecule has 1 heterocycles. The summed E-state index contributed by atoms with van der Waals surface area (Å²) in [5, 5.41) is 0. The van der Waals surface area contributed by atoms with Crippen LogP contribution in [-0.4, -0.2) is 0 Å². The van der Waals surface area contributed by atoms with Crippen LogP contribution in [0.5, 0.6) is 0 Å². The molecule has 15 rings (SSSR count). The van der Waals surface area contributed by atoms with Gasteiger partial charge in [0, 0.05) is 28.2 Å². The number of para-hydroxylation sites is 3. The van der Waals surface area contributed by atoms with Crippen molar-refractivity contribution in [1.29, 1.82) is 0 Å². The zero-order chi connectivity index (χ0) is 52.0. The summed E-state index contributed by atoms with van der Waals surface area (Å²) in [6, 6.07) is 108. The van der Waals surface area contributed by atoms with Crippen LogP contribution in [0.4, 0.5) is 34.1 Å². The van der Waals surface area contributed by atoms with Gasteiger partial charge in [-0.05, 0) is 167 Å². The van der Waals surface area contributed by atoms with Crippen LogP contribution in [0.3, 0.4) is 0 Å². The van der Waals surface area contributed by atoms with Crippen molar-refractivity contribution < 1.29 is 0 Å². The zero-order valence-electron chi connectivity index (χ0n) is 43.6. The number of rotatable bonds is 8. The van der Waals surface area contributed by atoms with E-state index < -0.39 is 5.41 Å². The molecule has 0 atom stereocenters. The molecule has 12 aromatic carbocycles. The molecule has 0 amide bonds. The molecule has 0 radical (unpaired) electrons. The van der Waals surface area contributed by atoms with Crippen molar-refractivity contribution in [3.05, 3.63) is 325 Å². The third kappa shape index (κ3) is 6.96. The molecule has 0 bridgehead atoms. The summed E-state index contributed by atoms with van der Waals surface area (Å²) in [6.45, 7) is 4.71. The second kappa shape index (κ2) is 17.9. The number of anilines is 6. The molecule has 78 heavy (non-hydrogen) atoms. The monoisotopic (exact) mass is 994 g/mol. The topological polar surface area (TPSA) is 6.48 Å². The summed E-state index contributed by atoms with van der Waals surface area (Å²) in [5.74, 6) is 0. The van der Waals surface area contributed by atoms with Gasteiger partial charge in [-0.1, -0.05) is 238 Å². The lowest BCUT2D eigenvalue weighted by Crippen LogP contribution is -2.36. The van der Waals surface area contributed by atoms with Gasteiger partial charge in [0.05, 0.1) is 16.8 Å². The van der Waals surface area contributed by atoms with Gasteiger partial charge in [-0.15, -0.1) is 0 Å². The molecule has 2 nitrogen and oxygen atoms in total. The Morgan fingerprint density at radius 2 is 0.667 bits per heavy atom. The molecule has 0 saturated heterocycles. The van der Waals surface area contributed by atoms with Crippen molar-refractivity contribution in [2.45, 2.75) is 24.7 Å². The fourth-order valence-electron chi connectivity index (χ4n) is 13.5. The largest absolute Gasteiger partial charge is 0.311 e. The lowest BCUT2D eigenvalue weighted by atomic mass is 9.64. The molecule has 0 saturated carbocycles. The summed E-state index contributed by atoms with van der Waals surface area (Å²) in [6.07, 6.45) is 0. The number of hydrogen-bond acceptors (Lipinski definition) is 2. The van der Waals surface area contributed by atoms with Gasteiger partial charge in [0.15, 0.2) is 0 Å². The fourth-order valence-corrected chi connectivity index (χ4v) is 13.5. The van der Waals surface area contributed by atoms with Crippen LogP contribution in [0.1, 0.15) is 47.2 Å². The van der Waals surface area contributed by atoms with Crippen LogP contribution in [0.25, 0.3) is 66.8 Å². The molecular weight excluding hydrogens is 941 g/mol. The minimum atomic E-state index is -0.527. The van der Waals surface area contributed by atoms with E-state index >= 15 is 0 Å². The van der Waals surface area contributed by atoms with E-state index in [1.807, 2.05) is 0 Å². The molecule has 1 aliphatic heterocycles. The summed E-state index contributed by atoms with van der Waals surface area (Å²) in [5.41, 5.74) is 29.1. The average Bonchev–Trinajstić information content (AvgIpc) is 3.75. The molecule has 368 valence electrons. The maximum Gasteiger partial charge on any atom is 0.0754 e. The van der Waals surface area contributed by atoms with Gasteiger partial charge in [0.2, 0.25) is 0 Å². The number of fused-ring (bicyclic) bond motifs is 12. The third-order valence-corrected chi connectivity index (χ3v) is 17.1. The summed E-state index contributed by atoms with van der Waals surface area (Å²) in [4.78, 5) is 4.84. The van der Waals surface area contributed by atoms with Crippen LogP contribution in [0.15, 0.2) is 291 Å². The lowest BCUT2D eigenvalue weighted by molar-refractivity contribution is 0.660. The Kier molecular flexibility index (Phi) is 10.5. The molecule has 0 fully saturated rings. The highest BCUT2D eigenvalue weighted by atomic mass is 15.2. The Labute approximate surface area is 457 Å². The molecule has 1 spiro atoms. The van der Waals surface area contributed by atoms with Gasteiger partial charge in [0.1, 0.15) is 0 Å². The summed E-state index contributed by atoms with van der Waals surface area (Å²) >= 11 is 0. The average molecular weight is 995 g/mol. The van der Waals surface area contributed by atoms with Crippen LogP contribution in [-0.2, 0) is 10.8 Å². The van der Waals surface area contributed by atoms with Crippen molar-refractivity contribution in [2.75, 3.05) is 9.80 Å². The third-order valence-electron chi connectivity index (χ3n) is 17.1. The SMILES string of the molecule is CC1(C)c2ccccc2-c2ccc(-c3ccc(N(c4ccc(-c5ccc(-c6ccccc6)cc5)cc4)c4ccc(-c5cccc6c5-c5ccccc5C65c6ccccc6N(c6ccccc6)c6ccccc65)cc4)cc3)cc21. The zero-order valence-corrected chi connectivity index (χ0v) is 43.6. The molecule has 2 aliphatic carbocycles. The maximum absolute atomic E-state index is 2.45. The van der Waals surface area contributed by atoms with E-state index in [4.69, 9.17) is 0 Å². The Morgan fingerprint density at radius 1 is 0.269 bits per heavy atom. The quantitative estimate of drug-likeness (QED) is 0.150. The first-order chi connectivity index (χ1) is 38.4. The standard InChI is InChI=1S/C76H54N2/c1-75(2)66-25-11-9-22-63(66)64-49-42-57(50-71(64)75)55-38-45-60(46-39-55)77(59-43-36-54(37-44-59)53-34-32-52(33-35-53)51-18-5-3-6-19-51)61-47-40-56(41-48-61)62-24-17-29-70-74(62)65-23-10-12-26-67(65)76(70)68-27-13-15-30-72(68)78(58-20-7-4-8-21-58)73-31-16-14-28-69(73)76/h3-50H,1-2H3. The second-order valence-electron chi connectivity index (χ2n) is 21.6. The fraction of sp³-hybridized carbons (Fsp3) is 0.0526. The van der Waals surface area contributed by atoms with Gasteiger partial charge >= 0.3 is 0 Å². The minimum Gasteiger partial charge on any atom is -0.311 e. The van der Waals surface area contributed by atoms with Gasteiger partial charge in [0.25, 0.3) is 0 Å². The van der Waals surface area contributed by atoms with Gasteiger partial charge in [-0.25, -0.2) is 0 Å². The predicted molar refractivity (Wildman–Crippen MR) is 326 cm³/mol. The highest BCUT2D eigenvalue weighted by molar-refractivity contribution is 6.00. The maximum atomic E-state index is 2.45. The van der Waals surface area contributed by atoms with Crippen molar-refractivity contribution >= 4 is 34.1 Å². The van der Waals surface area contributed by atoms with E-state index in [1.165, 1.54) is 112 Å². The molecule has 3 aliphatic rings. The summed E-state index contributed by atoms with van der Waals surface area (Å²) < 4.78 is 0. The number of nitrogens with zero attached hydrogens (tertiary/aromatic N) is 2. The van der Waals surface area contributed by atoms with Gasteiger partial charge < -0.3 is 9.80 Å². The second-order valence-corrected chi connectivity index (χ2v) is 21.6. The Morgan fingerprint density at radius 3 is 1.26 bits per heavy atom. The molecule has 0 aromatic heterocycles. The van der Waals surface area contributed by atoms with Gasteiger partial charge in [-0.3, -0.25) is 0 Å². The van der Waals surface area contributed by atoms with E-state index in [0.29, 0.717) is 0 Å². The van der Waals surface area contributed by atoms with E-state index in [0.717, 1.165) is 22.7 Å². The molecule has 12 aromatic rings. The molecule has 0 unspecified atom stereocenters. The highest BCUT2D eigenvalue weighted by Crippen LogP contribution is 2.64. The van der Waals surface area contributed by atoms with Crippen LogP contribution >= 0.6 is 0 Å².